The summed E-state index contributed by atoms with van der Waals surface area (Å²) < 4.78 is 5.72. The van der Waals surface area contributed by atoms with Gasteiger partial charge in [-0.3, -0.25) is 0 Å². The molecule has 4 heteroatoms. The minimum Gasteiger partial charge on any atom is -0.489 e. The van der Waals surface area contributed by atoms with Crippen molar-refractivity contribution in [1.82, 2.24) is 0 Å². The molecule has 0 unspecified atom stereocenters. The summed E-state index contributed by atoms with van der Waals surface area (Å²) in [6, 6.07) is 11.1. The summed E-state index contributed by atoms with van der Waals surface area (Å²) in [5, 5.41) is 1.06. The number of ether oxygens (including phenoxy) is 1. The van der Waals surface area contributed by atoms with E-state index in [0.717, 1.165) is 16.9 Å². The van der Waals surface area contributed by atoms with Crippen molar-refractivity contribution in [3.05, 3.63) is 57.6 Å². The number of halogens is 2. The fraction of sp³-hybridized carbons (Fsp3) is 0.143. The Hall–Kier alpha value is -1.38. The lowest BCUT2D eigenvalue weighted by Crippen LogP contribution is -1.99. The van der Waals surface area contributed by atoms with E-state index in [1.54, 1.807) is 6.07 Å². The van der Waals surface area contributed by atoms with Crippen LogP contribution in [0.1, 0.15) is 11.1 Å². The Morgan fingerprint density at radius 3 is 2.61 bits per heavy atom. The zero-order valence-electron chi connectivity index (χ0n) is 9.91. The van der Waals surface area contributed by atoms with Crippen LogP contribution < -0.4 is 10.5 Å². The van der Waals surface area contributed by atoms with Gasteiger partial charge in [0, 0.05) is 16.8 Å². The molecular weight excluding hydrogens is 269 g/mol. The number of anilines is 1. The average molecular weight is 282 g/mol. The van der Waals surface area contributed by atoms with Gasteiger partial charge in [0.15, 0.2) is 0 Å². The van der Waals surface area contributed by atoms with Crippen LogP contribution in [-0.4, -0.2) is 0 Å². The molecule has 0 amide bonds. The van der Waals surface area contributed by atoms with Crippen molar-refractivity contribution < 1.29 is 4.74 Å². The Labute approximate surface area is 116 Å². The smallest absolute Gasteiger partial charge is 0.124 e. The number of nitrogen functional groups attached to an aromatic ring is 1. The second-order valence-corrected chi connectivity index (χ2v) is 4.76. The van der Waals surface area contributed by atoms with E-state index in [0.29, 0.717) is 22.3 Å². The van der Waals surface area contributed by atoms with Gasteiger partial charge in [-0.1, -0.05) is 41.4 Å². The predicted octanol–water partition coefficient (Wildman–Crippen LogP) is 4.46. The van der Waals surface area contributed by atoms with E-state index in [2.05, 4.69) is 0 Å². The van der Waals surface area contributed by atoms with Crippen molar-refractivity contribution in [2.45, 2.75) is 13.5 Å². The molecule has 18 heavy (non-hydrogen) atoms. The summed E-state index contributed by atoms with van der Waals surface area (Å²) in [5.41, 5.74) is 8.31. The van der Waals surface area contributed by atoms with Gasteiger partial charge in [-0.25, -0.2) is 0 Å². The Bertz CT molecular complexity index is 518. The third-order valence-corrected chi connectivity index (χ3v) is 3.60. The molecule has 0 fully saturated rings. The maximum atomic E-state index is 6.09. The Kier molecular flexibility index (Phi) is 4.00. The van der Waals surface area contributed by atoms with E-state index < -0.39 is 0 Å². The largest absolute Gasteiger partial charge is 0.489 e. The van der Waals surface area contributed by atoms with Crippen LogP contribution in [-0.2, 0) is 6.61 Å². The topological polar surface area (TPSA) is 35.2 Å². The lowest BCUT2D eigenvalue weighted by Gasteiger charge is -2.11. The molecule has 2 aromatic carbocycles. The third-order valence-electron chi connectivity index (χ3n) is 2.74. The molecule has 0 saturated heterocycles. The van der Waals surface area contributed by atoms with Crippen molar-refractivity contribution in [2.24, 2.45) is 0 Å². The molecule has 0 saturated carbocycles. The van der Waals surface area contributed by atoms with Gasteiger partial charge in [0.2, 0.25) is 0 Å². The Morgan fingerprint density at radius 1 is 1.11 bits per heavy atom. The molecular formula is C14H13Cl2NO. The van der Waals surface area contributed by atoms with Crippen molar-refractivity contribution >= 4 is 28.9 Å². The lowest BCUT2D eigenvalue weighted by atomic mass is 10.2. The molecule has 0 heterocycles. The van der Waals surface area contributed by atoms with Gasteiger partial charge >= 0.3 is 0 Å². The standard InChI is InChI=1S/C14H13Cl2NO/c1-9-12(17)6-3-7-13(9)18-8-10-4-2-5-11(15)14(10)16/h2-7H,8,17H2,1H3. The molecule has 2 N–H and O–H groups in total. The number of hydrogen-bond donors (Lipinski definition) is 1. The van der Waals surface area contributed by atoms with E-state index in [9.17, 15) is 0 Å². The van der Waals surface area contributed by atoms with Crippen LogP contribution >= 0.6 is 23.2 Å². The second-order valence-electron chi connectivity index (χ2n) is 3.97. The van der Waals surface area contributed by atoms with Crippen LogP contribution in [0.25, 0.3) is 0 Å². The van der Waals surface area contributed by atoms with E-state index >= 15 is 0 Å². The fourth-order valence-electron chi connectivity index (χ4n) is 1.60. The van der Waals surface area contributed by atoms with E-state index in [4.69, 9.17) is 33.7 Å². The first-order valence-electron chi connectivity index (χ1n) is 5.50. The van der Waals surface area contributed by atoms with Crippen LogP contribution in [0.2, 0.25) is 10.0 Å². The van der Waals surface area contributed by atoms with Gasteiger partial charge in [-0.05, 0) is 25.1 Å². The molecule has 0 aliphatic heterocycles. The van der Waals surface area contributed by atoms with Crippen LogP contribution in [0, 0.1) is 6.92 Å². The fourth-order valence-corrected chi connectivity index (χ4v) is 1.98. The molecule has 2 nitrogen and oxygen atoms in total. The second kappa shape index (κ2) is 5.51. The van der Waals surface area contributed by atoms with Gasteiger partial charge in [-0.2, -0.15) is 0 Å². The third kappa shape index (κ3) is 2.71. The molecule has 2 rings (SSSR count). The minimum absolute atomic E-state index is 0.365. The normalized spacial score (nSPS) is 10.4. The first kappa shape index (κ1) is 13.1. The summed E-state index contributed by atoms with van der Waals surface area (Å²) >= 11 is 12.0. The molecule has 0 bridgehead atoms. The molecule has 0 aliphatic rings. The quantitative estimate of drug-likeness (QED) is 0.843. The zero-order chi connectivity index (χ0) is 13.1. The van der Waals surface area contributed by atoms with Crippen LogP contribution in [0.5, 0.6) is 5.75 Å². The highest BCUT2D eigenvalue weighted by Crippen LogP contribution is 2.28. The van der Waals surface area contributed by atoms with Crippen LogP contribution in [0.15, 0.2) is 36.4 Å². The zero-order valence-corrected chi connectivity index (χ0v) is 11.4. The Morgan fingerprint density at radius 2 is 1.83 bits per heavy atom. The summed E-state index contributed by atoms with van der Waals surface area (Å²) in [6.45, 7) is 2.29. The average Bonchev–Trinajstić information content (AvgIpc) is 2.36. The summed E-state index contributed by atoms with van der Waals surface area (Å²) in [6.07, 6.45) is 0. The highest BCUT2D eigenvalue weighted by atomic mass is 35.5. The van der Waals surface area contributed by atoms with Gasteiger partial charge in [0.05, 0.1) is 10.0 Å². The first-order chi connectivity index (χ1) is 8.59. The molecule has 0 atom stereocenters. The molecule has 0 aromatic heterocycles. The minimum atomic E-state index is 0.365. The van der Waals surface area contributed by atoms with Gasteiger partial charge < -0.3 is 10.5 Å². The van der Waals surface area contributed by atoms with Crippen molar-refractivity contribution in [2.75, 3.05) is 5.73 Å². The van der Waals surface area contributed by atoms with Crippen molar-refractivity contribution in [3.8, 4) is 5.75 Å². The molecule has 0 spiro atoms. The number of benzene rings is 2. The van der Waals surface area contributed by atoms with Crippen LogP contribution in [0.4, 0.5) is 5.69 Å². The number of rotatable bonds is 3. The van der Waals surface area contributed by atoms with Crippen molar-refractivity contribution in [1.29, 1.82) is 0 Å². The van der Waals surface area contributed by atoms with Crippen molar-refractivity contribution in [3.63, 3.8) is 0 Å². The summed E-state index contributed by atoms with van der Waals surface area (Å²) in [4.78, 5) is 0. The number of nitrogens with two attached hydrogens (primary N) is 1. The van der Waals surface area contributed by atoms with Gasteiger partial charge in [0.25, 0.3) is 0 Å². The molecule has 0 aliphatic carbocycles. The lowest BCUT2D eigenvalue weighted by molar-refractivity contribution is 0.304. The summed E-state index contributed by atoms with van der Waals surface area (Å²) in [5.74, 6) is 0.756. The van der Waals surface area contributed by atoms with Crippen LogP contribution in [0.3, 0.4) is 0 Å². The van der Waals surface area contributed by atoms with E-state index in [-0.39, 0.29) is 0 Å². The van der Waals surface area contributed by atoms with E-state index in [1.807, 2.05) is 37.3 Å². The monoisotopic (exact) mass is 281 g/mol. The van der Waals surface area contributed by atoms with Gasteiger partial charge in [-0.15, -0.1) is 0 Å². The summed E-state index contributed by atoms with van der Waals surface area (Å²) in [7, 11) is 0. The maximum Gasteiger partial charge on any atom is 0.124 e. The highest BCUT2D eigenvalue weighted by molar-refractivity contribution is 6.42. The maximum absolute atomic E-state index is 6.09. The first-order valence-corrected chi connectivity index (χ1v) is 6.26. The number of hydrogen-bond acceptors (Lipinski definition) is 2. The molecule has 0 radical (unpaired) electrons. The Balaban J connectivity index is 2.17. The SMILES string of the molecule is Cc1c(N)cccc1OCc1cccc(Cl)c1Cl. The highest BCUT2D eigenvalue weighted by Gasteiger charge is 2.07. The molecule has 94 valence electrons. The van der Waals surface area contributed by atoms with Gasteiger partial charge in [0.1, 0.15) is 12.4 Å². The predicted molar refractivity (Wildman–Crippen MR) is 76.4 cm³/mol. The van der Waals surface area contributed by atoms with E-state index in [1.165, 1.54) is 0 Å². The molecule has 2 aromatic rings.